The molecule has 0 aliphatic rings. The standard InChI is InChI=1S/C15H26N2O/c1-14-7-5-8-15(13-14)17(11-6-9-16)10-3-4-12-18-2/h5,7-8,13H,3-4,6,9-12,16H2,1-2H3. The predicted octanol–water partition coefficient (Wildman–Crippen LogP) is 2.58. The number of methoxy groups -OCH3 is 1. The fraction of sp³-hybridized carbons (Fsp3) is 0.600. The van der Waals surface area contributed by atoms with Crippen LogP contribution in [0.2, 0.25) is 0 Å². The van der Waals surface area contributed by atoms with Crippen molar-refractivity contribution in [2.24, 2.45) is 5.73 Å². The molecule has 0 heterocycles. The summed E-state index contributed by atoms with van der Waals surface area (Å²) in [5, 5.41) is 0. The van der Waals surface area contributed by atoms with Crippen molar-refractivity contribution in [2.75, 3.05) is 38.3 Å². The Morgan fingerprint density at radius 3 is 2.61 bits per heavy atom. The van der Waals surface area contributed by atoms with Crippen LogP contribution in [0.4, 0.5) is 5.69 Å². The van der Waals surface area contributed by atoms with Crippen molar-refractivity contribution in [3.8, 4) is 0 Å². The van der Waals surface area contributed by atoms with Gasteiger partial charge in [0.1, 0.15) is 0 Å². The van der Waals surface area contributed by atoms with Gasteiger partial charge in [0.25, 0.3) is 0 Å². The van der Waals surface area contributed by atoms with Crippen LogP contribution in [-0.4, -0.2) is 33.4 Å². The van der Waals surface area contributed by atoms with Gasteiger partial charge in [-0.2, -0.15) is 0 Å². The van der Waals surface area contributed by atoms with E-state index >= 15 is 0 Å². The Labute approximate surface area is 111 Å². The topological polar surface area (TPSA) is 38.5 Å². The lowest BCUT2D eigenvalue weighted by atomic mass is 10.2. The van der Waals surface area contributed by atoms with E-state index in [2.05, 4.69) is 36.1 Å². The second kappa shape index (κ2) is 8.95. The van der Waals surface area contributed by atoms with Gasteiger partial charge in [-0.15, -0.1) is 0 Å². The van der Waals surface area contributed by atoms with Crippen LogP contribution < -0.4 is 10.6 Å². The Morgan fingerprint density at radius 1 is 1.17 bits per heavy atom. The highest BCUT2D eigenvalue weighted by Crippen LogP contribution is 2.16. The summed E-state index contributed by atoms with van der Waals surface area (Å²) < 4.78 is 5.09. The molecule has 0 aliphatic heterocycles. The smallest absolute Gasteiger partial charge is 0.0462 e. The molecule has 0 unspecified atom stereocenters. The van der Waals surface area contributed by atoms with Gasteiger partial charge in [-0.1, -0.05) is 12.1 Å². The molecular formula is C15H26N2O. The first kappa shape index (κ1) is 15.0. The number of benzene rings is 1. The quantitative estimate of drug-likeness (QED) is 0.685. The molecule has 0 aromatic heterocycles. The van der Waals surface area contributed by atoms with Gasteiger partial charge in [0.2, 0.25) is 0 Å². The van der Waals surface area contributed by atoms with Gasteiger partial charge in [0.05, 0.1) is 0 Å². The van der Waals surface area contributed by atoms with Crippen LogP contribution in [0.3, 0.4) is 0 Å². The van der Waals surface area contributed by atoms with E-state index in [1.54, 1.807) is 7.11 Å². The third kappa shape index (κ3) is 5.52. The predicted molar refractivity (Wildman–Crippen MR) is 78.2 cm³/mol. The van der Waals surface area contributed by atoms with Crippen molar-refractivity contribution in [1.82, 2.24) is 0 Å². The first-order valence-corrected chi connectivity index (χ1v) is 6.78. The molecule has 18 heavy (non-hydrogen) atoms. The molecule has 0 saturated carbocycles. The lowest BCUT2D eigenvalue weighted by molar-refractivity contribution is 0.193. The number of unbranched alkanes of at least 4 members (excludes halogenated alkanes) is 1. The van der Waals surface area contributed by atoms with E-state index < -0.39 is 0 Å². The summed E-state index contributed by atoms with van der Waals surface area (Å²) in [7, 11) is 1.76. The zero-order chi connectivity index (χ0) is 13.2. The molecule has 1 aromatic carbocycles. The van der Waals surface area contributed by atoms with E-state index in [9.17, 15) is 0 Å². The van der Waals surface area contributed by atoms with Gasteiger partial charge in [-0.3, -0.25) is 0 Å². The lowest BCUT2D eigenvalue weighted by Gasteiger charge is -2.25. The largest absolute Gasteiger partial charge is 0.385 e. The number of hydrogen-bond donors (Lipinski definition) is 1. The third-order valence-electron chi connectivity index (χ3n) is 3.03. The van der Waals surface area contributed by atoms with E-state index in [1.165, 1.54) is 11.3 Å². The van der Waals surface area contributed by atoms with Crippen molar-refractivity contribution >= 4 is 5.69 Å². The highest BCUT2D eigenvalue weighted by Gasteiger charge is 2.05. The number of nitrogens with zero attached hydrogens (tertiary/aromatic N) is 1. The van der Waals surface area contributed by atoms with Crippen molar-refractivity contribution in [1.29, 1.82) is 0 Å². The molecule has 0 fully saturated rings. The minimum Gasteiger partial charge on any atom is -0.385 e. The third-order valence-corrected chi connectivity index (χ3v) is 3.03. The monoisotopic (exact) mass is 250 g/mol. The van der Waals surface area contributed by atoms with Crippen LogP contribution in [0.5, 0.6) is 0 Å². The summed E-state index contributed by atoms with van der Waals surface area (Å²) in [5.74, 6) is 0. The molecular weight excluding hydrogens is 224 g/mol. The summed E-state index contributed by atoms with van der Waals surface area (Å²) in [6, 6.07) is 8.68. The Kier molecular flexibility index (Phi) is 7.46. The van der Waals surface area contributed by atoms with Crippen molar-refractivity contribution < 1.29 is 4.74 Å². The van der Waals surface area contributed by atoms with Crippen LogP contribution in [0.1, 0.15) is 24.8 Å². The van der Waals surface area contributed by atoms with Gasteiger partial charge in [0, 0.05) is 32.5 Å². The van der Waals surface area contributed by atoms with Gasteiger partial charge in [-0.25, -0.2) is 0 Å². The summed E-state index contributed by atoms with van der Waals surface area (Å²) in [6.07, 6.45) is 3.31. The lowest BCUT2D eigenvalue weighted by Crippen LogP contribution is -2.27. The Morgan fingerprint density at radius 2 is 1.94 bits per heavy atom. The number of nitrogens with two attached hydrogens (primary N) is 1. The second-order valence-corrected chi connectivity index (χ2v) is 4.67. The number of rotatable bonds is 9. The van der Waals surface area contributed by atoms with E-state index in [1.807, 2.05) is 0 Å². The SMILES string of the molecule is COCCCCN(CCCN)c1cccc(C)c1. The molecule has 102 valence electrons. The summed E-state index contributed by atoms with van der Waals surface area (Å²) in [4.78, 5) is 2.43. The van der Waals surface area contributed by atoms with E-state index in [4.69, 9.17) is 10.5 Å². The number of anilines is 1. The molecule has 0 saturated heterocycles. The molecule has 0 atom stereocenters. The molecule has 3 heteroatoms. The van der Waals surface area contributed by atoms with E-state index in [0.717, 1.165) is 45.5 Å². The van der Waals surface area contributed by atoms with Crippen LogP contribution >= 0.6 is 0 Å². The Balaban J connectivity index is 2.54. The number of ether oxygens (including phenoxy) is 1. The van der Waals surface area contributed by atoms with Gasteiger partial charge in [0.15, 0.2) is 0 Å². The first-order valence-electron chi connectivity index (χ1n) is 6.78. The molecule has 0 radical (unpaired) electrons. The Bertz CT molecular complexity index is 328. The molecule has 3 nitrogen and oxygen atoms in total. The van der Waals surface area contributed by atoms with E-state index in [-0.39, 0.29) is 0 Å². The Hall–Kier alpha value is -1.06. The molecule has 0 amide bonds. The van der Waals surface area contributed by atoms with E-state index in [0.29, 0.717) is 0 Å². The minimum absolute atomic E-state index is 0.750. The average molecular weight is 250 g/mol. The van der Waals surface area contributed by atoms with Crippen molar-refractivity contribution in [3.05, 3.63) is 29.8 Å². The molecule has 1 aromatic rings. The highest BCUT2D eigenvalue weighted by atomic mass is 16.5. The highest BCUT2D eigenvalue weighted by molar-refractivity contribution is 5.48. The fourth-order valence-electron chi connectivity index (χ4n) is 2.03. The fourth-order valence-corrected chi connectivity index (χ4v) is 2.03. The van der Waals surface area contributed by atoms with Crippen LogP contribution in [-0.2, 0) is 4.74 Å². The van der Waals surface area contributed by atoms with Gasteiger partial charge in [-0.05, 0) is 50.4 Å². The summed E-state index contributed by atoms with van der Waals surface area (Å²) in [5.41, 5.74) is 8.23. The maximum atomic E-state index is 5.61. The van der Waals surface area contributed by atoms with Crippen LogP contribution in [0.15, 0.2) is 24.3 Å². The van der Waals surface area contributed by atoms with Gasteiger partial charge >= 0.3 is 0 Å². The molecule has 2 N–H and O–H groups in total. The number of hydrogen-bond acceptors (Lipinski definition) is 3. The minimum atomic E-state index is 0.750. The average Bonchev–Trinajstić information content (AvgIpc) is 2.38. The van der Waals surface area contributed by atoms with Crippen LogP contribution in [0, 0.1) is 6.92 Å². The zero-order valence-corrected chi connectivity index (χ0v) is 11.7. The maximum Gasteiger partial charge on any atom is 0.0462 e. The summed E-state index contributed by atoms with van der Waals surface area (Å²) >= 11 is 0. The van der Waals surface area contributed by atoms with Crippen LogP contribution in [0.25, 0.3) is 0 Å². The van der Waals surface area contributed by atoms with Crippen molar-refractivity contribution in [3.63, 3.8) is 0 Å². The summed E-state index contributed by atoms with van der Waals surface area (Å²) in [6.45, 7) is 5.84. The molecule has 0 bridgehead atoms. The normalized spacial score (nSPS) is 10.6. The maximum absolute atomic E-state index is 5.61. The second-order valence-electron chi connectivity index (χ2n) is 4.67. The molecule has 0 spiro atoms. The molecule has 0 aliphatic carbocycles. The zero-order valence-electron chi connectivity index (χ0n) is 11.7. The van der Waals surface area contributed by atoms with Gasteiger partial charge < -0.3 is 15.4 Å². The van der Waals surface area contributed by atoms with Crippen molar-refractivity contribution in [2.45, 2.75) is 26.2 Å². The molecule has 1 rings (SSSR count). The number of aryl methyl sites for hydroxylation is 1. The first-order chi connectivity index (χ1) is 8.77.